The van der Waals surface area contributed by atoms with Crippen molar-refractivity contribution in [3.8, 4) is 0 Å². The fraction of sp³-hybridized carbons (Fsp3) is 0.417. The van der Waals surface area contributed by atoms with Crippen LogP contribution in [0, 0.1) is 0 Å². The van der Waals surface area contributed by atoms with Gasteiger partial charge in [-0.15, -0.1) is 0 Å². The van der Waals surface area contributed by atoms with E-state index in [2.05, 4.69) is 33.5 Å². The van der Waals surface area contributed by atoms with Crippen LogP contribution in [0.3, 0.4) is 0 Å². The van der Waals surface area contributed by atoms with Crippen LogP contribution in [0.1, 0.15) is 31.4 Å². The first-order valence-electron chi connectivity index (χ1n) is 5.56. The lowest BCUT2D eigenvalue weighted by Crippen LogP contribution is -2.28. The molecule has 1 aliphatic heterocycles. The van der Waals surface area contributed by atoms with Crippen molar-refractivity contribution in [1.29, 1.82) is 0 Å². The maximum absolute atomic E-state index is 11.7. The van der Waals surface area contributed by atoms with Crippen LogP contribution in [0.2, 0.25) is 0 Å². The van der Waals surface area contributed by atoms with Crippen molar-refractivity contribution in [3.05, 3.63) is 28.2 Å². The second-order valence-corrected chi connectivity index (χ2v) is 4.88. The zero-order chi connectivity index (χ0) is 11.5. The molecule has 0 spiro atoms. The van der Waals surface area contributed by atoms with Gasteiger partial charge < -0.3 is 10.6 Å². The largest absolute Gasteiger partial charge is 0.324 e. The Balaban J connectivity index is 2.13. The number of carbonyl (C=O) groups excluding carboxylic acids is 1. The SMILES string of the molecule is CCCCNC1C(=O)Nc2cc(Br)ccc21. The van der Waals surface area contributed by atoms with Gasteiger partial charge in [-0.2, -0.15) is 0 Å². The Bertz CT molecular complexity index is 406. The Morgan fingerprint density at radius 3 is 3.06 bits per heavy atom. The minimum absolute atomic E-state index is 0.0456. The molecule has 2 N–H and O–H groups in total. The van der Waals surface area contributed by atoms with E-state index in [0.29, 0.717) is 0 Å². The van der Waals surface area contributed by atoms with E-state index in [-0.39, 0.29) is 11.9 Å². The molecule has 1 unspecified atom stereocenters. The van der Waals surface area contributed by atoms with Crippen molar-refractivity contribution in [2.75, 3.05) is 11.9 Å². The standard InChI is InChI=1S/C12H15BrN2O/c1-2-3-6-14-11-9-5-4-8(13)7-10(9)15-12(11)16/h4-5,7,11,14H,2-3,6H2,1H3,(H,15,16). The minimum atomic E-state index is -0.186. The van der Waals surface area contributed by atoms with Crippen molar-refractivity contribution in [1.82, 2.24) is 5.32 Å². The van der Waals surface area contributed by atoms with Crippen LogP contribution in [0.15, 0.2) is 22.7 Å². The van der Waals surface area contributed by atoms with E-state index in [9.17, 15) is 4.79 Å². The van der Waals surface area contributed by atoms with Gasteiger partial charge in [0.25, 0.3) is 0 Å². The molecule has 0 aliphatic carbocycles. The van der Waals surface area contributed by atoms with Crippen LogP contribution in [0.5, 0.6) is 0 Å². The number of halogens is 1. The first kappa shape index (κ1) is 11.6. The Morgan fingerprint density at radius 1 is 1.50 bits per heavy atom. The number of nitrogens with one attached hydrogen (secondary N) is 2. The molecule has 4 heteroatoms. The lowest BCUT2D eigenvalue weighted by Gasteiger charge is -2.10. The maximum Gasteiger partial charge on any atom is 0.246 e. The van der Waals surface area contributed by atoms with Gasteiger partial charge in [-0.05, 0) is 25.1 Å². The lowest BCUT2D eigenvalue weighted by molar-refractivity contribution is -0.117. The number of benzene rings is 1. The van der Waals surface area contributed by atoms with Gasteiger partial charge in [-0.3, -0.25) is 4.79 Å². The van der Waals surface area contributed by atoms with Crippen LogP contribution >= 0.6 is 15.9 Å². The molecular formula is C12H15BrN2O. The van der Waals surface area contributed by atoms with Crippen LogP contribution < -0.4 is 10.6 Å². The zero-order valence-electron chi connectivity index (χ0n) is 9.22. The summed E-state index contributed by atoms with van der Waals surface area (Å²) in [5, 5.41) is 6.16. The number of rotatable bonds is 4. The highest BCUT2D eigenvalue weighted by molar-refractivity contribution is 9.10. The summed E-state index contributed by atoms with van der Waals surface area (Å²) in [5.41, 5.74) is 1.96. The van der Waals surface area contributed by atoms with E-state index in [1.165, 1.54) is 0 Å². The van der Waals surface area contributed by atoms with Crippen LogP contribution in [-0.4, -0.2) is 12.5 Å². The first-order valence-corrected chi connectivity index (χ1v) is 6.35. The number of amides is 1. The van der Waals surface area contributed by atoms with Gasteiger partial charge in [-0.25, -0.2) is 0 Å². The molecule has 0 saturated heterocycles. The second-order valence-electron chi connectivity index (χ2n) is 3.96. The van der Waals surface area contributed by atoms with Crippen molar-refractivity contribution in [3.63, 3.8) is 0 Å². The summed E-state index contributed by atoms with van der Waals surface area (Å²) in [7, 11) is 0. The molecule has 2 rings (SSSR count). The fourth-order valence-electron chi connectivity index (χ4n) is 1.86. The molecule has 1 atom stereocenters. The fourth-order valence-corrected chi connectivity index (χ4v) is 2.22. The third kappa shape index (κ3) is 2.28. The number of fused-ring (bicyclic) bond motifs is 1. The van der Waals surface area contributed by atoms with E-state index in [0.717, 1.165) is 35.1 Å². The topological polar surface area (TPSA) is 41.1 Å². The summed E-state index contributed by atoms with van der Waals surface area (Å²) >= 11 is 3.40. The minimum Gasteiger partial charge on any atom is -0.324 e. The molecule has 1 aromatic carbocycles. The van der Waals surface area contributed by atoms with E-state index in [4.69, 9.17) is 0 Å². The number of unbranched alkanes of at least 4 members (excludes halogenated alkanes) is 1. The van der Waals surface area contributed by atoms with Gasteiger partial charge in [0, 0.05) is 15.7 Å². The summed E-state index contributed by atoms with van der Waals surface area (Å²) < 4.78 is 0.987. The highest BCUT2D eigenvalue weighted by Crippen LogP contribution is 2.32. The molecule has 0 radical (unpaired) electrons. The highest BCUT2D eigenvalue weighted by Gasteiger charge is 2.29. The predicted octanol–water partition coefficient (Wildman–Crippen LogP) is 2.83. The average Bonchev–Trinajstić information content (AvgIpc) is 2.55. The van der Waals surface area contributed by atoms with Crippen molar-refractivity contribution in [2.24, 2.45) is 0 Å². The summed E-state index contributed by atoms with van der Waals surface area (Å²) in [4.78, 5) is 11.7. The van der Waals surface area contributed by atoms with Crippen molar-refractivity contribution >= 4 is 27.5 Å². The van der Waals surface area contributed by atoms with E-state index < -0.39 is 0 Å². The number of anilines is 1. The first-order chi connectivity index (χ1) is 7.72. The van der Waals surface area contributed by atoms with E-state index >= 15 is 0 Å². The molecule has 1 amide bonds. The molecule has 1 heterocycles. The molecule has 16 heavy (non-hydrogen) atoms. The maximum atomic E-state index is 11.7. The smallest absolute Gasteiger partial charge is 0.246 e. The summed E-state index contributed by atoms with van der Waals surface area (Å²) in [6.45, 7) is 3.02. The summed E-state index contributed by atoms with van der Waals surface area (Å²) in [5.74, 6) is 0.0456. The van der Waals surface area contributed by atoms with Crippen molar-refractivity contribution < 1.29 is 4.79 Å². The molecular weight excluding hydrogens is 268 g/mol. The second kappa shape index (κ2) is 4.97. The van der Waals surface area contributed by atoms with E-state index in [1.807, 2.05) is 18.2 Å². The Morgan fingerprint density at radius 2 is 2.31 bits per heavy atom. The molecule has 1 aliphatic rings. The molecule has 0 fully saturated rings. The third-order valence-electron chi connectivity index (χ3n) is 2.73. The van der Waals surface area contributed by atoms with Crippen molar-refractivity contribution in [2.45, 2.75) is 25.8 Å². The molecule has 0 aromatic heterocycles. The van der Waals surface area contributed by atoms with Crippen LogP contribution in [0.25, 0.3) is 0 Å². The zero-order valence-corrected chi connectivity index (χ0v) is 10.8. The van der Waals surface area contributed by atoms with Gasteiger partial charge in [-0.1, -0.05) is 35.3 Å². The Kier molecular flexibility index (Phi) is 3.61. The molecule has 0 bridgehead atoms. The third-order valence-corrected chi connectivity index (χ3v) is 3.22. The molecule has 3 nitrogen and oxygen atoms in total. The normalized spacial score (nSPS) is 18.4. The Hall–Kier alpha value is -0.870. The Labute approximate surface area is 104 Å². The van der Waals surface area contributed by atoms with Gasteiger partial charge in [0.05, 0.1) is 0 Å². The number of hydrogen-bond donors (Lipinski definition) is 2. The van der Waals surface area contributed by atoms with Gasteiger partial charge in [0.1, 0.15) is 6.04 Å². The molecule has 0 saturated carbocycles. The number of carbonyl (C=O) groups is 1. The number of hydrogen-bond acceptors (Lipinski definition) is 2. The summed E-state index contributed by atoms with van der Waals surface area (Å²) in [6.07, 6.45) is 2.23. The van der Waals surface area contributed by atoms with Crippen LogP contribution in [0.4, 0.5) is 5.69 Å². The van der Waals surface area contributed by atoms with E-state index in [1.54, 1.807) is 0 Å². The van der Waals surface area contributed by atoms with Gasteiger partial charge >= 0.3 is 0 Å². The predicted molar refractivity (Wildman–Crippen MR) is 68.4 cm³/mol. The molecule has 86 valence electrons. The summed E-state index contributed by atoms with van der Waals surface area (Å²) in [6, 6.07) is 5.71. The lowest BCUT2D eigenvalue weighted by atomic mass is 10.1. The van der Waals surface area contributed by atoms with Crippen LogP contribution in [-0.2, 0) is 4.79 Å². The van der Waals surface area contributed by atoms with Gasteiger partial charge in [0.2, 0.25) is 5.91 Å². The quantitative estimate of drug-likeness (QED) is 0.834. The monoisotopic (exact) mass is 282 g/mol. The highest BCUT2D eigenvalue weighted by atomic mass is 79.9. The average molecular weight is 283 g/mol. The molecule has 1 aromatic rings. The van der Waals surface area contributed by atoms with Gasteiger partial charge in [0.15, 0.2) is 0 Å².